The molecule has 2 heterocycles. The predicted octanol–water partition coefficient (Wildman–Crippen LogP) is 2.89. The maximum Gasteiger partial charge on any atom is 0.227 e. The number of benzene rings is 1. The van der Waals surface area contributed by atoms with E-state index < -0.39 is 0 Å². The minimum Gasteiger partial charge on any atom is -0.361 e. The third kappa shape index (κ3) is 4.52. The molecule has 1 fully saturated rings. The van der Waals surface area contributed by atoms with E-state index in [2.05, 4.69) is 27.7 Å². The highest BCUT2D eigenvalue weighted by molar-refractivity contribution is 5.95. The molecule has 0 spiro atoms. The number of carbonyl (C=O) groups excluding carboxylic acids is 1. The summed E-state index contributed by atoms with van der Waals surface area (Å²) in [5.41, 5.74) is 4.19. The van der Waals surface area contributed by atoms with Crippen molar-refractivity contribution < 1.29 is 9.32 Å². The molecule has 1 saturated heterocycles. The largest absolute Gasteiger partial charge is 0.361 e. The standard InChI is InChI=1S/C21H29N5O2/c1-14(20-15(2)25-28-16(20)3)12-23-21(22-4)24-13-17-7-9-18(10-8-17)26-11-5-6-19(26)27/h7-10,14H,5-6,11-13H2,1-4H3,(H2,22,23,24). The molecule has 2 aromatic rings. The summed E-state index contributed by atoms with van der Waals surface area (Å²) in [6.07, 6.45) is 1.59. The average molecular weight is 383 g/mol. The summed E-state index contributed by atoms with van der Waals surface area (Å²) in [6.45, 7) is 8.26. The van der Waals surface area contributed by atoms with Crippen molar-refractivity contribution in [1.82, 2.24) is 15.8 Å². The zero-order valence-electron chi connectivity index (χ0n) is 17.1. The highest BCUT2D eigenvalue weighted by Crippen LogP contribution is 2.23. The van der Waals surface area contributed by atoms with Gasteiger partial charge in [0.05, 0.1) is 5.69 Å². The van der Waals surface area contributed by atoms with E-state index in [-0.39, 0.29) is 11.8 Å². The van der Waals surface area contributed by atoms with Crippen molar-refractivity contribution >= 4 is 17.6 Å². The highest BCUT2D eigenvalue weighted by atomic mass is 16.5. The first-order valence-electron chi connectivity index (χ1n) is 9.76. The SMILES string of the molecule is CN=C(NCc1ccc(N2CCCC2=O)cc1)NCC(C)c1c(C)noc1C. The number of carbonyl (C=O) groups is 1. The van der Waals surface area contributed by atoms with Crippen LogP contribution in [0.2, 0.25) is 0 Å². The lowest BCUT2D eigenvalue weighted by atomic mass is 10.00. The van der Waals surface area contributed by atoms with Crippen molar-refractivity contribution in [2.24, 2.45) is 4.99 Å². The zero-order valence-corrected chi connectivity index (χ0v) is 17.1. The van der Waals surface area contributed by atoms with Crippen LogP contribution in [0.15, 0.2) is 33.8 Å². The first-order chi connectivity index (χ1) is 13.5. The lowest BCUT2D eigenvalue weighted by Gasteiger charge is -2.17. The molecule has 28 heavy (non-hydrogen) atoms. The van der Waals surface area contributed by atoms with Gasteiger partial charge in [-0.05, 0) is 38.0 Å². The smallest absolute Gasteiger partial charge is 0.227 e. The molecular weight excluding hydrogens is 354 g/mol. The Balaban J connectivity index is 1.51. The van der Waals surface area contributed by atoms with Crippen LogP contribution in [0.3, 0.4) is 0 Å². The number of nitrogens with one attached hydrogen (secondary N) is 2. The van der Waals surface area contributed by atoms with E-state index in [1.165, 1.54) is 0 Å². The summed E-state index contributed by atoms with van der Waals surface area (Å²) >= 11 is 0. The fourth-order valence-corrected chi connectivity index (χ4v) is 3.67. The minimum atomic E-state index is 0.211. The monoisotopic (exact) mass is 383 g/mol. The Morgan fingerprint density at radius 3 is 2.61 bits per heavy atom. The van der Waals surface area contributed by atoms with Crippen LogP contribution in [0.1, 0.15) is 48.3 Å². The first-order valence-corrected chi connectivity index (χ1v) is 9.76. The number of nitrogens with zero attached hydrogens (tertiary/aromatic N) is 3. The number of amides is 1. The van der Waals surface area contributed by atoms with Gasteiger partial charge in [-0.15, -0.1) is 0 Å². The summed E-state index contributed by atoms with van der Waals surface area (Å²) in [7, 11) is 1.76. The van der Waals surface area contributed by atoms with E-state index in [1.807, 2.05) is 43.0 Å². The third-order valence-electron chi connectivity index (χ3n) is 5.16. The van der Waals surface area contributed by atoms with Gasteiger partial charge in [0, 0.05) is 50.3 Å². The molecule has 1 aromatic heterocycles. The molecular formula is C21H29N5O2. The first kappa shape index (κ1) is 19.9. The second kappa shape index (κ2) is 8.91. The Morgan fingerprint density at radius 2 is 2.04 bits per heavy atom. The maximum absolute atomic E-state index is 11.8. The van der Waals surface area contributed by atoms with E-state index in [0.29, 0.717) is 13.0 Å². The van der Waals surface area contributed by atoms with Crippen molar-refractivity contribution in [3.63, 3.8) is 0 Å². The van der Waals surface area contributed by atoms with Crippen molar-refractivity contribution in [3.8, 4) is 0 Å². The molecule has 1 aliphatic rings. The number of guanidine groups is 1. The summed E-state index contributed by atoms with van der Waals surface area (Å²) in [6, 6.07) is 8.12. The number of hydrogen-bond donors (Lipinski definition) is 2. The fourth-order valence-electron chi connectivity index (χ4n) is 3.67. The molecule has 2 N–H and O–H groups in total. The van der Waals surface area contributed by atoms with E-state index in [9.17, 15) is 4.79 Å². The lowest BCUT2D eigenvalue weighted by Crippen LogP contribution is -2.38. The average Bonchev–Trinajstić information content (AvgIpc) is 3.27. The summed E-state index contributed by atoms with van der Waals surface area (Å²) in [5.74, 6) is 2.09. The molecule has 0 aliphatic carbocycles. The number of aromatic nitrogens is 1. The minimum absolute atomic E-state index is 0.211. The van der Waals surface area contributed by atoms with Crippen molar-refractivity contribution in [2.45, 2.75) is 46.1 Å². The fraction of sp³-hybridized carbons (Fsp3) is 0.476. The second-order valence-corrected chi connectivity index (χ2v) is 7.26. The molecule has 0 radical (unpaired) electrons. The lowest BCUT2D eigenvalue weighted by molar-refractivity contribution is -0.117. The molecule has 1 aliphatic heterocycles. The van der Waals surface area contributed by atoms with Gasteiger partial charge in [-0.2, -0.15) is 0 Å². The summed E-state index contributed by atoms with van der Waals surface area (Å²) < 4.78 is 5.26. The molecule has 7 heteroatoms. The number of rotatable bonds is 6. The Morgan fingerprint density at radius 1 is 1.29 bits per heavy atom. The van der Waals surface area contributed by atoms with Crippen LogP contribution < -0.4 is 15.5 Å². The van der Waals surface area contributed by atoms with Crippen molar-refractivity contribution in [2.75, 3.05) is 25.0 Å². The predicted molar refractivity (Wildman–Crippen MR) is 111 cm³/mol. The van der Waals surface area contributed by atoms with Crippen LogP contribution in [-0.4, -0.2) is 37.2 Å². The number of hydrogen-bond acceptors (Lipinski definition) is 4. The van der Waals surface area contributed by atoms with Crippen molar-refractivity contribution in [1.29, 1.82) is 0 Å². The van der Waals surface area contributed by atoms with Gasteiger partial charge in [-0.25, -0.2) is 0 Å². The van der Waals surface area contributed by atoms with E-state index in [1.54, 1.807) is 7.05 Å². The molecule has 0 bridgehead atoms. The summed E-state index contributed by atoms with van der Waals surface area (Å²) in [5, 5.41) is 10.7. The molecule has 150 valence electrons. The van der Waals surface area contributed by atoms with Crippen molar-refractivity contribution in [3.05, 3.63) is 46.8 Å². The van der Waals surface area contributed by atoms with Gasteiger partial charge < -0.3 is 20.1 Å². The molecule has 1 atom stereocenters. The molecule has 1 unspecified atom stereocenters. The normalized spacial score (nSPS) is 15.8. The molecule has 1 amide bonds. The van der Waals surface area contributed by atoms with Gasteiger partial charge in [-0.3, -0.25) is 9.79 Å². The third-order valence-corrected chi connectivity index (χ3v) is 5.16. The van der Waals surface area contributed by atoms with Crippen LogP contribution in [0.5, 0.6) is 0 Å². The molecule has 0 saturated carbocycles. The van der Waals surface area contributed by atoms with Gasteiger partial charge in [0.2, 0.25) is 5.91 Å². The Hall–Kier alpha value is -2.83. The Bertz CT molecular complexity index is 821. The van der Waals surface area contributed by atoms with E-state index in [4.69, 9.17) is 4.52 Å². The number of aliphatic imine (C=N–C) groups is 1. The zero-order chi connectivity index (χ0) is 20.1. The highest BCUT2D eigenvalue weighted by Gasteiger charge is 2.21. The van der Waals surface area contributed by atoms with Crippen LogP contribution in [0, 0.1) is 13.8 Å². The van der Waals surface area contributed by atoms with Crippen LogP contribution in [0.4, 0.5) is 5.69 Å². The number of aryl methyl sites for hydroxylation is 2. The number of anilines is 1. The molecule has 3 rings (SSSR count). The van der Waals surface area contributed by atoms with Gasteiger partial charge in [-0.1, -0.05) is 24.2 Å². The Labute approximate surface area is 166 Å². The van der Waals surface area contributed by atoms with Crippen LogP contribution in [-0.2, 0) is 11.3 Å². The van der Waals surface area contributed by atoms with Crippen LogP contribution in [0.25, 0.3) is 0 Å². The quantitative estimate of drug-likeness (QED) is 0.592. The van der Waals surface area contributed by atoms with E-state index >= 15 is 0 Å². The summed E-state index contributed by atoms with van der Waals surface area (Å²) in [4.78, 5) is 18.0. The van der Waals surface area contributed by atoms with E-state index in [0.717, 1.165) is 53.7 Å². The second-order valence-electron chi connectivity index (χ2n) is 7.26. The van der Waals surface area contributed by atoms with Gasteiger partial charge in [0.1, 0.15) is 5.76 Å². The van der Waals surface area contributed by atoms with Gasteiger partial charge in [0.15, 0.2) is 5.96 Å². The van der Waals surface area contributed by atoms with Gasteiger partial charge in [0.25, 0.3) is 0 Å². The van der Waals surface area contributed by atoms with Gasteiger partial charge >= 0.3 is 0 Å². The molecule has 1 aromatic carbocycles. The van der Waals surface area contributed by atoms with Crippen LogP contribution >= 0.6 is 0 Å². The Kier molecular flexibility index (Phi) is 6.34. The molecule has 7 nitrogen and oxygen atoms in total. The maximum atomic E-state index is 11.8. The topological polar surface area (TPSA) is 82.8 Å².